The van der Waals surface area contributed by atoms with Crippen LogP contribution in [0.15, 0.2) is 0 Å². The molecule has 0 spiro atoms. The average molecular weight is 243 g/mol. The van der Waals surface area contributed by atoms with Gasteiger partial charge in [0.25, 0.3) is 0 Å². The van der Waals surface area contributed by atoms with E-state index in [1.54, 1.807) is 0 Å². The monoisotopic (exact) mass is 243 g/mol. The number of alkyl carbamates (subject to hydrolysis) is 1. The van der Waals surface area contributed by atoms with Crippen molar-refractivity contribution in [2.24, 2.45) is 5.92 Å². The Morgan fingerprint density at radius 1 is 1.29 bits per heavy atom. The molecule has 0 aromatic heterocycles. The highest BCUT2D eigenvalue weighted by Gasteiger charge is 2.24. The lowest BCUT2D eigenvalue weighted by Gasteiger charge is -2.29. The number of nitrogens with one attached hydrogen (secondary N) is 1. The smallest absolute Gasteiger partial charge is 0.407 e. The fourth-order valence-corrected chi connectivity index (χ4v) is 2.25. The van der Waals surface area contributed by atoms with Crippen LogP contribution in [-0.2, 0) is 4.74 Å². The zero-order valence-electron chi connectivity index (χ0n) is 11.2. The predicted molar refractivity (Wildman–Crippen MR) is 66.8 cm³/mol. The normalized spacial score (nSPS) is 25.4. The number of carbonyl (C=O) groups is 1. The van der Waals surface area contributed by atoms with E-state index in [9.17, 15) is 4.79 Å². The predicted octanol–water partition coefficient (Wildman–Crippen LogP) is 2.45. The zero-order chi connectivity index (χ0) is 12.9. The third-order valence-corrected chi connectivity index (χ3v) is 3.10. The molecule has 100 valence electrons. The van der Waals surface area contributed by atoms with Crippen LogP contribution in [0, 0.1) is 5.92 Å². The van der Waals surface area contributed by atoms with Crippen LogP contribution in [0.3, 0.4) is 0 Å². The maximum absolute atomic E-state index is 11.6. The maximum atomic E-state index is 11.6. The van der Waals surface area contributed by atoms with E-state index >= 15 is 0 Å². The number of aliphatic hydroxyl groups excluding tert-OH is 1. The molecule has 0 unspecified atom stereocenters. The largest absolute Gasteiger partial charge is 0.444 e. The first-order valence-corrected chi connectivity index (χ1v) is 6.51. The average Bonchev–Trinajstić information content (AvgIpc) is 2.18. The van der Waals surface area contributed by atoms with E-state index in [4.69, 9.17) is 9.84 Å². The molecule has 1 saturated carbocycles. The van der Waals surface area contributed by atoms with Crippen LogP contribution in [0.1, 0.15) is 52.9 Å². The van der Waals surface area contributed by atoms with Gasteiger partial charge in [0.2, 0.25) is 0 Å². The van der Waals surface area contributed by atoms with Crippen molar-refractivity contribution in [1.29, 1.82) is 0 Å². The molecule has 1 fully saturated rings. The summed E-state index contributed by atoms with van der Waals surface area (Å²) in [6.45, 7) is 5.87. The van der Waals surface area contributed by atoms with Crippen molar-refractivity contribution >= 4 is 6.09 Å². The zero-order valence-corrected chi connectivity index (χ0v) is 11.2. The highest BCUT2D eigenvalue weighted by atomic mass is 16.6. The molecule has 0 heterocycles. The van der Waals surface area contributed by atoms with E-state index in [-0.39, 0.29) is 18.7 Å². The van der Waals surface area contributed by atoms with Crippen molar-refractivity contribution in [2.45, 2.75) is 64.5 Å². The first-order valence-electron chi connectivity index (χ1n) is 6.51. The minimum absolute atomic E-state index is 0.236. The van der Waals surface area contributed by atoms with Crippen molar-refractivity contribution in [1.82, 2.24) is 5.32 Å². The first-order chi connectivity index (χ1) is 7.90. The van der Waals surface area contributed by atoms with Gasteiger partial charge in [-0.1, -0.05) is 0 Å². The van der Waals surface area contributed by atoms with Crippen molar-refractivity contribution in [3.05, 3.63) is 0 Å². The van der Waals surface area contributed by atoms with Gasteiger partial charge in [0.1, 0.15) is 5.60 Å². The molecular weight excluding hydrogens is 218 g/mol. The molecule has 0 aliphatic heterocycles. The summed E-state index contributed by atoms with van der Waals surface area (Å²) in [6.07, 6.45) is 4.72. The third-order valence-electron chi connectivity index (χ3n) is 3.10. The number of ether oxygens (including phenoxy) is 1. The molecule has 1 aliphatic carbocycles. The number of hydrogen-bond donors (Lipinski definition) is 2. The van der Waals surface area contributed by atoms with Gasteiger partial charge in [0, 0.05) is 12.6 Å². The lowest BCUT2D eigenvalue weighted by molar-refractivity contribution is 0.0485. The summed E-state index contributed by atoms with van der Waals surface area (Å²) in [5.74, 6) is 0.622. The molecule has 17 heavy (non-hydrogen) atoms. The van der Waals surface area contributed by atoms with Gasteiger partial charge in [0.15, 0.2) is 0 Å². The Kier molecular flexibility index (Phi) is 5.25. The quantitative estimate of drug-likeness (QED) is 0.800. The summed E-state index contributed by atoms with van der Waals surface area (Å²) in [5.41, 5.74) is -0.432. The highest BCUT2D eigenvalue weighted by molar-refractivity contribution is 5.68. The maximum Gasteiger partial charge on any atom is 0.407 e. The van der Waals surface area contributed by atoms with Gasteiger partial charge in [-0.25, -0.2) is 4.79 Å². The van der Waals surface area contributed by atoms with Crippen LogP contribution >= 0.6 is 0 Å². The first kappa shape index (κ1) is 14.3. The molecule has 1 rings (SSSR count). The van der Waals surface area contributed by atoms with Crippen LogP contribution in [-0.4, -0.2) is 29.4 Å². The highest BCUT2D eigenvalue weighted by Crippen LogP contribution is 2.26. The number of amides is 1. The Bertz CT molecular complexity index is 240. The second-order valence-electron chi connectivity index (χ2n) is 5.88. The second kappa shape index (κ2) is 6.24. The molecule has 1 amide bonds. The van der Waals surface area contributed by atoms with Gasteiger partial charge in [-0.2, -0.15) is 0 Å². The Labute approximate surface area is 104 Å². The molecule has 0 atom stereocenters. The topological polar surface area (TPSA) is 58.6 Å². The van der Waals surface area contributed by atoms with Crippen molar-refractivity contribution in [3.8, 4) is 0 Å². The summed E-state index contributed by atoms with van der Waals surface area (Å²) in [6, 6.07) is 0.236. The fraction of sp³-hybridized carbons (Fsp3) is 0.923. The minimum Gasteiger partial charge on any atom is -0.444 e. The summed E-state index contributed by atoms with van der Waals surface area (Å²) in [4.78, 5) is 11.6. The summed E-state index contributed by atoms with van der Waals surface area (Å²) in [5, 5.41) is 11.8. The summed E-state index contributed by atoms with van der Waals surface area (Å²) in [7, 11) is 0. The molecular formula is C13H25NO3. The number of aliphatic hydroxyl groups is 1. The summed E-state index contributed by atoms with van der Waals surface area (Å²) < 4.78 is 5.22. The van der Waals surface area contributed by atoms with Crippen molar-refractivity contribution < 1.29 is 14.6 Å². The number of carbonyl (C=O) groups excluding carboxylic acids is 1. The van der Waals surface area contributed by atoms with Gasteiger partial charge < -0.3 is 15.2 Å². The lowest BCUT2D eigenvalue weighted by atomic mass is 9.84. The Morgan fingerprint density at radius 2 is 1.88 bits per heavy atom. The molecule has 0 radical (unpaired) electrons. The molecule has 4 nitrogen and oxygen atoms in total. The van der Waals surface area contributed by atoms with Gasteiger partial charge >= 0.3 is 6.09 Å². The van der Waals surface area contributed by atoms with Crippen LogP contribution in [0.25, 0.3) is 0 Å². The van der Waals surface area contributed by atoms with Crippen molar-refractivity contribution in [3.63, 3.8) is 0 Å². The number of hydrogen-bond acceptors (Lipinski definition) is 3. The van der Waals surface area contributed by atoms with E-state index in [2.05, 4.69) is 5.32 Å². The van der Waals surface area contributed by atoms with Gasteiger partial charge in [-0.3, -0.25) is 0 Å². The van der Waals surface area contributed by atoms with Gasteiger partial charge in [-0.15, -0.1) is 0 Å². The molecule has 2 N–H and O–H groups in total. The molecule has 0 saturated heterocycles. The van der Waals surface area contributed by atoms with Crippen LogP contribution in [0.5, 0.6) is 0 Å². The Balaban J connectivity index is 2.24. The van der Waals surface area contributed by atoms with Gasteiger partial charge in [-0.05, 0) is 58.8 Å². The standard InChI is InChI=1S/C13H25NO3/c1-13(2,3)17-12(16)14-11-6-4-10(5-7-11)8-9-15/h10-11,15H,4-9H2,1-3H3,(H,14,16)/t10-,11+. The Hall–Kier alpha value is -0.770. The Morgan fingerprint density at radius 3 is 2.35 bits per heavy atom. The van der Waals surface area contributed by atoms with E-state index in [1.807, 2.05) is 20.8 Å². The van der Waals surface area contributed by atoms with E-state index in [0.717, 1.165) is 32.1 Å². The van der Waals surface area contributed by atoms with E-state index < -0.39 is 5.60 Å². The number of rotatable bonds is 3. The summed E-state index contributed by atoms with van der Waals surface area (Å²) >= 11 is 0. The lowest BCUT2D eigenvalue weighted by Crippen LogP contribution is -2.41. The molecule has 4 heteroatoms. The SMILES string of the molecule is CC(C)(C)OC(=O)N[C@H]1CC[C@@H](CCO)CC1. The molecule has 0 aromatic rings. The minimum atomic E-state index is -0.432. The fourth-order valence-electron chi connectivity index (χ4n) is 2.25. The third kappa shape index (κ3) is 5.91. The molecule has 1 aliphatic rings. The van der Waals surface area contributed by atoms with Crippen molar-refractivity contribution in [2.75, 3.05) is 6.61 Å². The molecule has 0 aromatic carbocycles. The van der Waals surface area contributed by atoms with Crippen LogP contribution < -0.4 is 5.32 Å². The van der Waals surface area contributed by atoms with Crippen LogP contribution in [0.2, 0.25) is 0 Å². The molecule has 0 bridgehead atoms. The van der Waals surface area contributed by atoms with E-state index in [1.165, 1.54) is 0 Å². The van der Waals surface area contributed by atoms with Crippen LogP contribution in [0.4, 0.5) is 4.79 Å². The van der Waals surface area contributed by atoms with Gasteiger partial charge in [0.05, 0.1) is 0 Å². The van der Waals surface area contributed by atoms with E-state index in [0.29, 0.717) is 5.92 Å². The second-order valence-corrected chi connectivity index (χ2v) is 5.88.